The molecule has 1 heterocycles. The third kappa shape index (κ3) is 4.49. The minimum Gasteiger partial charge on any atom is -0.388 e. The molecule has 102 valence electrons. The third-order valence-corrected chi connectivity index (χ3v) is 3.24. The van der Waals surface area contributed by atoms with Crippen molar-refractivity contribution in [1.82, 2.24) is 14.7 Å². The summed E-state index contributed by atoms with van der Waals surface area (Å²) in [5, 5.41) is 11.8. The number of amidine groups is 1. The smallest absolute Gasteiger partial charge is 0.0918 e. The Hall–Kier alpha value is -1.36. The summed E-state index contributed by atoms with van der Waals surface area (Å²) < 4.78 is 2.02. The van der Waals surface area contributed by atoms with Crippen LogP contribution in [0.4, 0.5) is 0 Å². The molecule has 3 N–H and O–H groups in total. The lowest BCUT2D eigenvalue weighted by molar-refractivity contribution is 0.282. The second kappa shape index (κ2) is 7.16. The van der Waals surface area contributed by atoms with Gasteiger partial charge in [-0.15, -0.1) is 0 Å². The zero-order chi connectivity index (χ0) is 13.5. The Morgan fingerprint density at radius 2 is 2.28 bits per heavy atom. The molecule has 0 bridgehead atoms. The lowest BCUT2D eigenvalue weighted by Gasteiger charge is -2.18. The van der Waals surface area contributed by atoms with Crippen LogP contribution < -0.4 is 5.73 Å². The maximum Gasteiger partial charge on any atom is 0.0918 e. The number of aromatic nitrogens is 2. The minimum atomic E-state index is 0.249. The molecule has 0 saturated heterocycles. The van der Waals surface area contributed by atoms with Crippen LogP contribution in [0.3, 0.4) is 0 Å². The summed E-state index contributed by atoms with van der Waals surface area (Å²) >= 11 is 0. The van der Waals surface area contributed by atoms with Crippen LogP contribution >= 0.6 is 0 Å². The molecule has 0 spiro atoms. The lowest BCUT2D eigenvalue weighted by Crippen LogP contribution is -2.27. The van der Waals surface area contributed by atoms with Gasteiger partial charge in [0.25, 0.3) is 0 Å². The molecule has 1 unspecified atom stereocenters. The Balaban J connectivity index is 2.53. The van der Waals surface area contributed by atoms with Gasteiger partial charge in [0.2, 0.25) is 0 Å². The van der Waals surface area contributed by atoms with E-state index in [9.17, 15) is 0 Å². The van der Waals surface area contributed by atoms with Gasteiger partial charge in [-0.2, -0.15) is 5.10 Å². The second-order valence-corrected chi connectivity index (χ2v) is 4.69. The Morgan fingerprint density at radius 1 is 1.56 bits per heavy atom. The third-order valence-electron chi connectivity index (χ3n) is 3.24. The van der Waals surface area contributed by atoms with E-state index in [1.54, 1.807) is 0 Å². The standard InChI is InChI=1S/C13H25N5/c1-4-11(3)18-9-6-12(16-18)10-17(5-2)8-7-13(14)15/h6,9,11H,4-5,7-8,10H2,1-3H3,(H3,14,15). The first-order chi connectivity index (χ1) is 8.56. The normalized spacial score (nSPS) is 12.9. The van der Waals surface area contributed by atoms with E-state index in [4.69, 9.17) is 11.1 Å². The van der Waals surface area contributed by atoms with Gasteiger partial charge in [0.05, 0.1) is 11.5 Å². The number of nitrogens with two attached hydrogens (primary N) is 1. The number of nitrogens with zero attached hydrogens (tertiary/aromatic N) is 3. The summed E-state index contributed by atoms with van der Waals surface area (Å²) in [6.45, 7) is 9.05. The number of hydrogen-bond donors (Lipinski definition) is 2. The van der Waals surface area contributed by atoms with E-state index in [2.05, 4.69) is 36.8 Å². The molecule has 0 radical (unpaired) electrons. The number of rotatable bonds is 8. The maximum absolute atomic E-state index is 7.26. The Morgan fingerprint density at radius 3 is 2.83 bits per heavy atom. The van der Waals surface area contributed by atoms with Crippen LogP contribution in [0.25, 0.3) is 0 Å². The summed E-state index contributed by atoms with van der Waals surface area (Å²) in [6.07, 6.45) is 3.76. The van der Waals surface area contributed by atoms with Gasteiger partial charge in [0, 0.05) is 31.7 Å². The highest BCUT2D eigenvalue weighted by molar-refractivity contribution is 5.76. The molecule has 1 atom stereocenters. The van der Waals surface area contributed by atoms with Gasteiger partial charge in [-0.25, -0.2) is 0 Å². The van der Waals surface area contributed by atoms with Crippen LogP contribution in [0.15, 0.2) is 12.3 Å². The van der Waals surface area contributed by atoms with Crippen molar-refractivity contribution in [2.75, 3.05) is 13.1 Å². The molecule has 0 aliphatic rings. The number of hydrogen-bond acceptors (Lipinski definition) is 3. The molecular formula is C13H25N5. The van der Waals surface area contributed by atoms with Crippen LogP contribution in [-0.2, 0) is 6.54 Å². The highest BCUT2D eigenvalue weighted by atomic mass is 15.3. The second-order valence-electron chi connectivity index (χ2n) is 4.69. The summed E-state index contributed by atoms with van der Waals surface area (Å²) in [4.78, 5) is 2.25. The molecule has 1 aromatic rings. The maximum atomic E-state index is 7.26. The van der Waals surface area contributed by atoms with E-state index >= 15 is 0 Å². The van der Waals surface area contributed by atoms with Gasteiger partial charge < -0.3 is 5.73 Å². The first-order valence-electron chi connectivity index (χ1n) is 6.66. The van der Waals surface area contributed by atoms with Crippen molar-refractivity contribution in [3.8, 4) is 0 Å². The highest BCUT2D eigenvalue weighted by Gasteiger charge is 2.08. The van der Waals surface area contributed by atoms with Crippen molar-refractivity contribution in [3.63, 3.8) is 0 Å². The van der Waals surface area contributed by atoms with Gasteiger partial charge in [0.1, 0.15) is 0 Å². The van der Waals surface area contributed by atoms with E-state index in [0.29, 0.717) is 12.5 Å². The van der Waals surface area contributed by atoms with Gasteiger partial charge in [-0.1, -0.05) is 13.8 Å². The summed E-state index contributed by atoms with van der Waals surface area (Å²) in [5.74, 6) is 0.249. The Bertz CT molecular complexity index is 371. The topological polar surface area (TPSA) is 70.9 Å². The summed E-state index contributed by atoms with van der Waals surface area (Å²) in [6, 6.07) is 2.52. The molecule has 0 fully saturated rings. The van der Waals surface area contributed by atoms with E-state index in [1.165, 1.54) is 0 Å². The Labute approximate surface area is 109 Å². The van der Waals surface area contributed by atoms with Crippen LogP contribution in [0, 0.1) is 5.41 Å². The van der Waals surface area contributed by atoms with Crippen molar-refractivity contribution in [2.45, 2.75) is 46.2 Å². The number of nitrogens with one attached hydrogen (secondary N) is 1. The molecular weight excluding hydrogens is 226 g/mol. The zero-order valence-corrected chi connectivity index (χ0v) is 11.7. The van der Waals surface area contributed by atoms with E-state index < -0.39 is 0 Å². The fourth-order valence-electron chi connectivity index (χ4n) is 1.75. The van der Waals surface area contributed by atoms with Gasteiger partial charge >= 0.3 is 0 Å². The molecule has 18 heavy (non-hydrogen) atoms. The van der Waals surface area contributed by atoms with Gasteiger partial charge in [-0.05, 0) is 26.0 Å². The van der Waals surface area contributed by atoms with Crippen LogP contribution in [0.2, 0.25) is 0 Å². The van der Waals surface area contributed by atoms with Crippen LogP contribution in [0.5, 0.6) is 0 Å². The van der Waals surface area contributed by atoms with Crippen LogP contribution in [-0.4, -0.2) is 33.6 Å². The van der Waals surface area contributed by atoms with Gasteiger partial charge in [-0.3, -0.25) is 15.0 Å². The predicted octanol–water partition coefficient (Wildman–Crippen LogP) is 2.00. The van der Waals surface area contributed by atoms with Crippen molar-refractivity contribution in [1.29, 1.82) is 5.41 Å². The molecule has 5 nitrogen and oxygen atoms in total. The predicted molar refractivity (Wildman–Crippen MR) is 74.7 cm³/mol. The monoisotopic (exact) mass is 251 g/mol. The van der Waals surface area contributed by atoms with Crippen molar-refractivity contribution < 1.29 is 0 Å². The fourth-order valence-corrected chi connectivity index (χ4v) is 1.75. The molecule has 1 aromatic heterocycles. The minimum absolute atomic E-state index is 0.249. The molecule has 0 aromatic carbocycles. The first kappa shape index (κ1) is 14.7. The van der Waals surface area contributed by atoms with Crippen molar-refractivity contribution in [2.24, 2.45) is 5.73 Å². The lowest BCUT2D eigenvalue weighted by atomic mass is 10.3. The van der Waals surface area contributed by atoms with Gasteiger partial charge in [0.15, 0.2) is 0 Å². The highest BCUT2D eigenvalue weighted by Crippen LogP contribution is 2.10. The summed E-state index contributed by atoms with van der Waals surface area (Å²) in [5.41, 5.74) is 6.47. The zero-order valence-electron chi connectivity index (χ0n) is 11.7. The molecule has 0 aliphatic heterocycles. The molecule has 1 rings (SSSR count). The SMILES string of the molecule is CCC(C)n1ccc(CN(CC)CCC(=N)N)n1. The first-order valence-corrected chi connectivity index (χ1v) is 6.66. The quantitative estimate of drug-likeness (QED) is 0.548. The van der Waals surface area contributed by atoms with E-state index in [1.807, 2.05) is 10.9 Å². The average molecular weight is 251 g/mol. The fraction of sp³-hybridized carbons (Fsp3) is 0.692. The largest absolute Gasteiger partial charge is 0.388 e. The molecule has 0 amide bonds. The van der Waals surface area contributed by atoms with Crippen LogP contribution in [0.1, 0.15) is 45.3 Å². The van der Waals surface area contributed by atoms with E-state index in [0.717, 1.165) is 31.7 Å². The van der Waals surface area contributed by atoms with E-state index in [-0.39, 0.29) is 5.84 Å². The van der Waals surface area contributed by atoms with Crippen molar-refractivity contribution in [3.05, 3.63) is 18.0 Å². The molecule has 0 saturated carbocycles. The van der Waals surface area contributed by atoms with Crippen molar-refractivity contribution >= 4 is 5.84 Å². The molecule has 5 heteroatoms. The Kier molecular flexibility index (Phi) is 5.85. The molecule has 0 aliphatic carbocycles. The average Bonchev–Trinajstić information content (AvgIpc) is 2.81. The summed E-state index contributed by atoms with van der Waals surface area (Å²) in [7, 11) is 0.